The molecule has 1 N–H and O–H groups in total. The Bertz CT molecular complexity index is 477. The second kappa shape index (κ2) is 3.55. The predicted molar refractivity (Wildman–Crippen MR) is 62.2 cm³/mol. The molecule has 0 radical (unpaired) electrons. The van der Waals surface area contributed by atoms with Gasteiger partial charge in [0.2, 0.25) is 0 Å². The van der Waals surface area contributed by atoms with Crippen LogP contribution in [0.15, 0.2) is 42.5 Å². The summed E-state index contributed by atoms with van der Waals surface area (Å²) in [6.07, 6.45) is 0. The van der Waals surface area contributed by atoms with Crippen molar-refractivity contribution < 1.29 is 4.74 Å². The molecule has 2 aromatic rings. The normalized spacial score (nSPS) is 16.3. The Morgan fingerprint density at radius 1 is 1.00 bits per heavy atom. The van der Waals surface area contributed by atoms with Crippen LogP contribution in [0.25, 0.3) is 10.8 Å². The van der Waals surface area contributed by atoms with Gasteiger partial charge in [-0.1, -0.05) is 30.3 Å². The van der Waals surface area contributed by atoms with Crippen LogP contribution >= 0.6 is 0 Å². The van der Waals surface area contributed by atoms with Crippen molar-refractivity contribution in [2.45, 2.75) is 6.04 Å². The lowest BCUT2D eigenvalue weighted by Gasteiger charge is -2.27. The molecule has 0 spiro atoms. The quantitative estimate of drug-likeness (QED) is 0.802. The van der Waals surface area contributed by atoms with Gasteiger partial charge in [-0.05, 0) is 22.9 Å². The van der Waals surface area contributed by atoms with Crippen molar-refractivity contribution in [2.75, 3.05) is 18.5 Å². The second-order valence-corrected chi connectivity index (χ2v) is 3.94. The van der Waals surface area contributed by atoms with Crippen LogP contribution in [0.1, 0.15) is 0 Å². The molecule has 0 unspecified atom stereocenters. The van der Waals surface area contributed by atoms with Crippen LogP contribution in [-0.2, 0) is 4.74 Å². The summed E-state index contributed by atoms with van der Waals surface area (Å²) in [5.41, 5.74) is 1.18. The van der Waals surface area contributed by atoms with Crippen LogP contribution in [0.4, 0.5) is 5.69 Å². The van der Waals surface area contributed by atoms with Gasteiger partial charge in [-0.2, -0.15) is 0 Å². The number of benzene rings is 2. The van der Waals surface area contributed by atoms with Gasteiger partial charge in [0.1, 0.15) is 0 Å². The zero-order chi connectivity index (χ0) is 10.1. The van der Waals surface area contributed by atoms with Crippen molar-refractivity contribution in [1.82, 2.24) is 0 Å². The molecule has 0 aliphatic carbocycles. The Hall–Kier alpha value is -1.54. The van der Waals surface area contributed by atoms with E-state index in [1.807, 2.05) is 0 Å². The zero-order valence-electron chi connectivity index (χ0n) is 8.44. The molecule has 76 valence electrons. The molecular formula is C13H13NO. The third-order valence-corrected chi connectivity index (χ3v) is 2.76. The van der Waals surface area contributed by atoms with E-state index in [1.165, 1.54) is 16.5 Å². The van der Waals surface area contributed by atoms with E-state index >= 15 is 0 Å². The van der Waals surface area contributed by atoms with Gasteiger partial charge in [0.15, 0.2) is 0 Å². The van der Waals surface area contributed by atoms with Crippen LogP contribution < -0.4 is 5.32 Å². The molecule has 1 aliphatic rings. The van der Waals surface area contributed by atoms with E-state index in [2.05, 4.69) is 47.8 Å². The Kier molecular flexibility index (Phi) is 2.07. The third kappa shape index (κ3) is 1.68. The molecule has 2 aromatic carbocycles. The Labute approximate surface area is 88.9 Å². The number of nitrogens with one attached hydrogen (secondary N) is 1. The molecular weight excluding hydrogens is 186 g/mol. The van der Waals surface area contributed by atoms with Gasteiger partial charge in [-0.25, -0.2) is 0 Å². The molecule has 1 saturated heterocycles. The Morgan fingerprint density at radius 2 is 1.80 bits per heavy atom. The molecule has 3 rings (SSSR count). The van der Waals surface area contributed by atoms with Crippen molar-refractivity contribution in [3.63, 3.8) is 0 Å². The van der Waals surface area contributed by atoms with E-state index in [0.29, 0.717) is 6.04 Å². The van der Waals surface area contributed by atoms with Crippen molar-refractivity contribution in [3.8, 4) is 0 Å². The van der Waals surface area contributed by atoms with Crippen molar-refractivity contribution in [3.05, 3.63) is 42.5 Å². The summed E-state index contributed by atoms with van der Waals surface area (Å²) in [7, 11) is 0. The van der Waals surface area contributed by atoms with Crippen molar-refractivity contribution >= 4 is 16.5 Å². The van der Waals surface area contributed by atoms with Gasteiger partial charge in [-0.3, -0.25) is 0 Å². The van der Waals surface area contributed by atoms with Gasteiger partial charge in [0, 0.05) is 5.69 Å². The van der Waals surface area contributed by atoms with Crippen LogP contribution in [0.5, 0.6) is 0 Å². The second-order valence-electron chi connectivity index (χ2n) is 3.94. The molecule has 15 heavy (non-hydrogen) atoms. The monoisotopic (exact) mass is 199 g/mol. The maximum atomic E-state index is 5.13. The van der Waals surface area contributed by atoms with Gasteiger partial charge in [-0.15, -0.1) is 0 Å². The summed E-state index contributed by atoms with van der Waals surface area (Å²) in [6, 6.07) is 15.4. The number of hydrogen-bond donors (Lipinski definition) is 1. The van der Waals surface area contributed by atoms with Crippen molar-refractivity contribution in [1.29, 1.82) is 0 Å². The number of ether oxygens (including phenoxy) is 1. The van der Waals surface area contributed by atoms with E-state index in [4.69, 9.17) is 4.74 Å². The number of anilines is 1. The smallest absolute Gasteiger partial charge is 0.0728 e. The highest BCUT2D eigenvalue weighted by atomic mass is 16.5. The van der Waals surface area contributed by atoms with Gasteiger partial charge >= 0.3 is 0 Å². The number of hydrogen-bond acceptors (Lipinski definition) is 2. The summed E-state index contributed by atoms with van der Waals surface area (Å²) in [4.78, 5) is 0. The highest BCUT2D eigenvalue weighted by molar-refractivity contribution is 5.85. The molecule has 1 aliphatic heterocycles. The van der Waals surface area contributed by atoms with Gasteiger partial charge < -0.3 is 10.1 Å². The summed E-state index contributed by atoms with van der Waals surface area (Å²) >= 11 is 0. The van der Waals surface area contributed by atoms with Crippen LogP contribution in [0, 0.1) is 0 Å². The maximum Gasteiger partial charge on any atom is 0.0728 e. The van der Waals surface area contributed by atoms with E-state index in [0.717, 1.165) is 13.2 Å². The fourth-order valence-electron chi connectivity index (χ4n) is 1.83. The highest BCUT2D eigenvalue weighted by Gasteiger charge is 2.17. The molecule has 0 bridgehead atoms. The number of rotatable bonds is 2. The fraction of sp³-hybridized carbons (Fsp3) is 0.231. The van der Waals surface area contributed by atoms with E-state index < -0.39 is 0 Å². The van der Waals surface area contributed by atoms with Crippen LogP contribution in [0.2, 0.25) is 0 Å². The minimum atomic E-state index is 0.492. The van der Waals surface area contributed by atoms with E-state index in [1.54, 1.807) is 0 Å². The minimum Gasteiger partial charge on any atom is -0.378 e. The maximum absolute atomic E-state index is 5.13. The lowest BCUT2D eigenvalue weighted by Crippen LogP contribution is -2.40. The first-order valence-electron chi connectivity index (χ1n) is 5.25. The topological polar surface area (TPSA) is 21.3 Å². The lowest BCUT2D eigenvalue weighted by molar-refractivity contribution is 0.0211. The average molecular weight is 199 g/mol. The standard InChI is InChI=1S/C13H13NO/c1-2-4-11-7-12(6-5-10(11)3-1)14-13-8-15-9-13/h1-7,13-14H,8-9H2. The first-order valence-corrected chi connectivity index (χ1v) is 5.25. The molecule has 0 amide bonds. The summed E-state index contributed by atoms with van der Waals surface area (Å²) in [6.45, 7) is 1.65. The third-order valence-electron chi connectivity index (χ3n) is 2.76. The first kappa shape index (κ1) is 8.74. The molecule has 0 atom stereocenters. The van der Waals surface area contributed by atoms with Gasteiger partial charge in [0.05, 0.1) is 19.3 Å². The highest BCUT2D eigenvalue weighted by Crippen LogP contribution is 2.20. The predicted octanol–water partition coefficient (Wildman–Crippen LogP) is 2.65. The van der Waals surface area contributed by atoms with Crippen LogP contribution in [-0.4, -0.2) is 19.3 Å². The average Bonchev–Trinajstić information content (AvgIpc) is 2.23. The summed E-state index contributed by atoms with van der Waals surface area (Å²) < 4.78 is 5.13. The SMILES string of the molecule is c1ccc2cc(NC3COC3)ccc2c1. The van der Waals surface area contributed by atoms with E-state index in [-0.39, 0.29) is 0 Å². The Balaban J connectivity index is 1.91. The summed E-state index contributed by atoms with van der Waals surface area (Å²) in [5, 5.41) is 6.01. The molecule has 1 fully saturated rings. The molecule has 0 saturated carbocycles. The molecule has 0 aromatic heterocycles. The van der Waals surface area contributed by atoms with Crippen molar-refractivity contribution in [2.24, 2.45) is 0 Å². The molecule has 2 nitrogen and oxygen atoms in total. The molecule has 2 heteroatoms. The zero-order valence-corrected chi connectivity index (χ0v) is 8.44. The fourth-order valence-corrected chi connectivity index (χ4v) is 1.83. The van der Waals surface area contributed by atoms with E-state index in [9.17, 15) is 0 Å². The Morgan fingerprint density at radius 3 is 2.53 bits per heavy atom. The van der Waals surface area contributed by atoms with Crippen LogP contribution in [0.3, 0.4) is 0 Å². The first-order chi connectivity index (χ1) is 7.42. The molecule has 1 heterocycles. The minimum absolute atomic E-state index is 0.492. The lowest BCUT2D eigenvalue weighted by atomic mass is 10.1. The number of fused-ring (bicyclic) bond motifs is 1. The summed E-state index contributed by atoms with van der Waals surface area (Å²) in [5.74, 6) is 0. The van der Waals surface area contributed by atoms with Gasteiger partial charge in [0.25, 0.3) is 0 Å². The largest absolute Gasteiger partial charge is 0.378 e.